The molecule has 0 rings (SSSR count). The first-order valence-corrected chi connectivity index (χ1v) is 28.6. The first-order valence-electron chi connectivity index (χ1n) is 28.6. The number of aliphatic hydroxyl groups excluding tert-OH is 2. The van der Waals surface area contributed by atoms with Crippen molar-refractivity contribution in [3.05, 3.63) is 24.3 Å². The summed E-state index contributed by atoms with van der Waals surface area (Å²) in [5, 5.41) is 23.9. The Kier molecular flexibility index (Phi) is 51.0. The fourth-order valence-corrected chi connectivity index (χ4v) is 8.93. The van der Waals surface area contributed by atoms with Gasteiger partial charge in [0.25, 0.3) is 0 Å². The molecule has 3 N–H and O–H groups in total. The predicted octanol–water partition coefficient (Wildman–Crippen LogP) is 17.5. The highest BCUT2D eigenvalue weighted by Crippen LogP contribution is 2.19. The standard InChI is InChI=1S/C58H111NO5/c1-4-7-10-13-16-19-22-25-27-28-30-33-35-38-41-44-47-50-56(61)55(53-60)59-57(62)52-54(49-46-43-40-37-34-32-29-26-23-20-17-14-11-8-5-2)64-58(63)51-48-45-42-39-36-31-24-21-18-15-12-9-6-3/h17,20,26,29,54-56,60-61H,4-16,18-19,21-25,27-28,30-53H2,1-3H3,(H,59,62)/b20-17-,29-26-. The summed E-state index contributed by atoms with van der Waals surface area (Å²) in [7, 11) is 0. The molecule has 0 heterocycles. The molecule has 0 fully saturated rings. The van der Waals surface area contributed by atoms with E-state index in [2.05, 4.69) is 50.4 Å². The summed E-state index contributed by atoms with van der Waals surface area (Å²) in [5.74, 6) is -0.470. The topological polar surface area (TPSA) is 95.9 Å². The van der Waals surface area contributed by atoms with Crippen LogP contribution in [0.1, 0.15) is 310 Å². The van der Waals surface area contributed by atoms with Crippen molar-refractivity contribution in [3.8, 4) is 0 Å². The molecule has 3 unspecified atom stereocenters. The van der Waals surface area contributed by atoms with Gasteiger partial charge in [0, 0.05) is 6.42 Å². The smallest absolute Gasteiger partial charge is 0.306 e. The van der Waals surface area contributed by atoms with Crippen LogP contribution in [0.4, 0.5) is 0 Å². The molecule has 0 aromatic heterocycles. The van der Waals surface area contributed by atoms with E-state index in [9.17, 15) is 19.8 Å². The lowest BCUT2D eigenvalue weighted by molar-refractivity contribution is -0.151. The lowest BCUT2D eigenvalue weighted by atomic mass is 10.0. The van der Waals surface area contributed by atoms with Crippen molar-refractivity contribution < 1.29 is 24.5 Å². The van der Waals surface area contributed by atoms with E-state index in [4.69, 9.17) is 4.74 Å². The maximum atomic E-state index is 13.3. The SMILES string of the molecule is CCCCC/C=C\C/C=C\CCCCCCCC(CC(=O)NC(CO)C(O)CCCCCCCCCCCCCCCCCCC)OC(=O)CCCCCCCCCCCCCCC. The van der Waals surface area contributed by atoms with Gasteiger partial charge in [-0.1, -0.05) is 263 Å². The van der Waals surface area contributed by atoms with Crippen molar-refractivity contribution in [2.75, 3.05) is 6.61 Å². The Bertz CT molecular complexity index is 1010. The molecule has 0 spiro atoms. The Morgan fingerprint density at radius 3 is 1.22 bits per heavy atom. The highest BCUT2D eigenvalue weighted by Gasteiger charge is 2.24. The molecule has 0 radical (unpaired) electrons. The Balaban J connectivity index is 4.51. The van der Waals surface area contributed by atoms with Gasteiger partial charge < -0.3 is 20.3 Å². The number of hydrogen-bond donors (Lipinski definition) is 3. The average Bonchev–Trinajstić information content (AvgIpc) is 3.29. The van der Waals surface area contributed by atoms with Gasteiger partial charge in [0.1, 0.15) is 6.10 Å². The molecule has 6 nitrogen and oxygen atoms in total. The third-order valence-corrected chi connectivity index (χ3v) is 13.3. The molecule has 0 aliphatic heterocycles. The third kappa shape index (κ3) is 46.9. The van der Waals surface area contributed by atoms with Crippen LogP contribution in [0, 0.1) is 0 Å². The first-order chi connectivity index (χ1) is 31.5. The van der Waals surface area contributed by atoms with Crippen LogP contribution < -0.4 is 5.32 Å². The maximum Gasteiger partial charge on any atom is 0.306 e. The molecule has 378 valence electrons. The van der Waals surface area contributed by atoms with Gasteiger partial charge in [-0.05, 0) is 57.8 Å². The number of carbonyl (C=O) groups excluding carboxylic acids is 2. The van der Waals surface area contributed by atoms with E-state index >= 15 is 0 Å². The monoisotopic (exact) mass is 902 g/mol. The van der Waals surface area contributed by atoms with E-state index in [1.807, 2.05) is 0 Å². The van der Waals surface area contributed by atoms with Crippen molar-refractivity contribution in [2.24, 2.45) is 0 Å². The van der Waals surface area contributed by atoms with E-state index in [0.29, 0.717) is 19.3 Å². The second-order valence-corrected chi connectivity index (χ2v) is 19.7. The summed E-state index contributed by atoms with van der Waals surface area (Å²) < 4.78 is 5.95. The molecule has 0 bridgehead atoms. The van der Waals surface area contributed by atoms with Crippen LogP contribution in [-0.2, 0) is 14.3 Å². The molecule has 0 aliphatic carbocycles. The van der Waals surface area contributed by atoms with Crippen LogP contribution in [0.5, 0.6) is 0 Å². The Morgan fingerprint density at radius 1 is 0.453 bits per heavy atom. The highest BCUT2D eigenvalue weighted by atomic mass is 16.5. The molecule has 3 atom stereocenters. The van der Waals surface area contributed by atoms with E-state index in [1.165, 1.54) is 199 Å². The van der Waals surface area contributed by atoms with Gasteiger partial charge in [-0.25, -0.2) is 0 Å². The van der Waals surface area contributed by atoms with Crippen molar-refractivity contribution >= 4 is 11.9 Å². The quantitative estimate of drug-likeness (QED) is 0.0321. The number of nitrogens with one attached hydrogen (secondary N) is 1. The summed E-state index contributed by atoms with van der Waals surface area (Å²) >= 11 is 0. The summed E-state index contributed by atoms with van der Waals surface area (Å²) in [6.07, 6.45) is 61.0. The van der Waals surface area contributed by atoms with Crippen LogP contribution >= 0.6 is 0 Å². The Morgan fingerprint density at radius 2 is 0.797 bits per heavy atom. The van der Waals surface area contributed by atoms with E-state index in [1.54, 1.807) is 0 Å². The van der Waals surface area contributed by atoms with Crippen LogP contribution in [0.15, 0.2) is 24.3 Å². The van der Waals surface area contributed by atoms with Gasteiger partial charge in [0.15, 0.2) is 0 Å². The van der Waals surface area contributed by atoms with Gasteiger partial charge >= 0.3 is 5.97 Å². The van der Waals surface area contributed by atoms with Crippen molar-refractivity contribution in [1.29, 1.82) is 0 Å². The molecule has 0 aromatic carbocycles. The normalized spacial score (nSPS) is 13.3. The van der Waals surface area contributed by atoms with Gasteiger partial charge in [-0.15, -0.1) is 0 Å². The maximum absolute atomic E-state index is 13.3. The fraction of sp³-hybridized carbons (Fsp3) is 0.897. The number of amides is 1. The summed E-state index contributed by atoms with van der Waals surface area (Å²) in [5.41, 5.74) is 0. The molecular formula is C58H111NO5. The van der Waals surface area contributed by atoms with Crippen LogP contribution in [0.25, 0.3) is 0 Å². The predicted molar refractivity (Wildman–Crippen MR) is 278 cm³/mol. The number of aliphatic hydroxyl groups is 2. The Hall–Kier alpha value is -1.66. The second-order valence-electron chi connectivity index (χ2n) is 19.7. The van der Waals surface area contributed by atoms with Crippen molar-refractivity contribution in [2.45, 2.75) is 328 Å². The third-order valence-electron chi connectivity index (χ3n) is 13.3. The second kappa shape index (κ2) is 52.3. The number of ether oxygens (including phenoxy) is 1. The molecule has 0 aromatic rings. The lowest BCUT2D eigenvalue weighted by Gasteiger charge is -2.24. The molecule has 1 amide bonds. The largest absolute Gasteiger partial charge is 0.462 e. The number of rotatable bonds is 52. The van der Waals surface area contributed by atoms with E-state index < -0.39 is 18.2 Å². The summed E-state index contributed by atoms with van der Waals surface area (Å²) in [4.78, 5) is 26.2. The average molecular weight is 903 g/mol. The minimum atomic E-state index is -0.788. The van der Waals surface area contributed by atoms with Gasteiger partial charge in [0.2, 0.25) is 5.91 Å². The zero-order valence-corrected chi connectivity index (χ0v) is 43.2. The zero-order chi connectivity index (χ0) is 46.7. The molecule has 0 saturated carbocycles. The van der Waals surface area contributed by atoms with Crippen LogP contribution in [0.3, 0.4) is 0 Å². The molecular weight excluding hydrogens is 791 g/mol. The van der Waals surface area contributed by atoms with Crippen molar-refractivity contribution in [3.63, 3.8) is 0 Å². The number of carbonyl (C=O) groups is 2. The van der Waals surface area contributed by atoms with Gasteiger partial charge in [0.05, 0.1) is 25.2 Å². The molecule has 0 aliphatic rings. The van der Waals surface area contributed by atoms with Gasteiger partial charge in [-0.3, -0.25) is 9.59 Å². The Labute approximate surface area is 399 Å². The van der Waals surface area contributed by atoms with Gasteiger partial charge in [-0.2, -0.15) is 0 Å². The highest BCUT2D eigenvalue weighted by molar-refractivity contribution is 5.77. The minimum Gasteiger partial charge on any atom is -0.462 e. The van der Waals surface area contributed by atoms with Crippen LogP contribution in [-0.4, -0.2) is 46.9 Å². The first kappa shape index (κ1) is 62.3. The molecule has 6 heteroatoms. The molecule has 64 heavy (non-hydrogen) atoms. The lowest BCUT2D eigenvalue weighted by Crippen LogP contribution is -2.46. The minimum absolute atomic E-state index is 0.0739. The van der Waals surface area contributed by atoms with Crippen LogP contribution in [0.2, 0.25) is 0 Å². The zero-order valence-electron chi connectivity index (χ0n) is 43.2. The van der Waals surface area contributed by atoms with Crippen molar-refractivity contribution in [1.82, 2.24) is 5.32 Å². The molecule has 0 saturated heterocycles. The summed E-state index contributed by atoms with van der Waals surface area (Å²) in [6, 6.07) is -0.702. The fourth-order valence-electron chi connectivity index (χ4n) is 8.93. The van der Waals surface area contributed by atoms with E-state index in [0.717, 1.165) is 64.2 Å². The number of hydrogen-bond acceptors (Lipinski definition) is 5. The summed E-state index contributed by atoms with van der Waals surface area (Å²) in [6.45, 7) is 6.49. The number of esters is 1. The van der Waals surface area contributed by atoms with E-state index in [-0.39, 0.29) is 24.9 Å². The number of unbranched alkanes of at least 4 members (excludes halogenated alkanes) is 36. The number of allylic oxidation sites excluding steroid dienone is 4.